The second-order valence-corrected chi connectivity index (χ2v) is 4.90. The van der Waals surface area contributed by atoms with E-state index in [2.05, 4.69) is 29.7 Å². The zero-order valence-electron chi connectivity index (χ0n) is 12.0. The van der Waals surface area contributed by atoms with Gasteiger partial charge >= 0.3 is 5.97 Å². The SMILES string of the molecule is C=C(Cc1nc(-c2cccc(CCCC)c2)no1)C(=O)O. The van der Waals surface area contributed by atoms with Gasteiger partial charge in [-0.15, -0.1) is 0 Å². The Balaban J connectivity index is 2.13. The first-order valence-electron chi connectivity index (χ1n) is 6.93. The molecule has 0 aliphatic heterocycles. The van der Waals surface area contributed by atoms with Crippen molar-refractivity contribution in [3.63, 3.8) is 0 Å². The van der Waals surface area contributed by atoms with Gasteiger partial charge in [0, 0.05) is 11.1 Å². The molecule has 0 bridgehead atoms. The maximum absolute atomic E-state index is 10.7. The van der Waals surface area contributed by atoms with Crippen molar-refractivity contribution in [3.8, 4) is 11.4 Å². The van der Waals surface area contributed by atoms with Crippen LogP contribution in [0.2, 0.25) is 0 Å². The van der Waals surface area contributed by atoms with E-state index in [0.29, 0.717) is 5.82 Å². The average molecular weight is 286 g/mol. The van der Waals surface area contributed by atoms with E-state index in [0.717, 1.165) is 24.8 Å². The van der Waals surface area contributed by atoms with E-state index in [1.165, 1.54) is 5.56 Å². The number of carboxylic acid groups (broad SMARTS) is 1. The lowest BCUT2D eigenvalue weighted by Crippen LogP contribution is -2.02. The summed E-state index contributed by atoms with van der Waals surface area (Å²) in [4.78, 5) is 15.0. The summed E-state index contributed by atoms with van der Waals surface area (Å²) in [7, 11) is 0. The molecule has 0 aliphatic carbocycles. The molecule has 0 atom stereocenters. The van der Waals surface area contributed by atoms with Gasteiger partial charge in [0.15, 0.2) is 0 Å². The monoisotopic (exact) mass is 286 g/mol. The Bertz CT molecular complexity index is 646. The van der Waals surface area contributed by atoms with Gasteiger partial charge in [-0.1, -0.05) is 43.3 Å². The highest BCUT2D eigenvalue weighted by Gasteiger charge is 2.13. The molecule has 110 valence electrons. The van der Waals surface area contributed by atoms with Crippen LogP contribution >= 0.6 is 0 Å². The second-order valence-electron chi connectivity index (χ2n) is 4.90. The molecule has 5 heteroatoms. The number of carboxylic acids is 1. The third-order valence-electron chi connectivity index (χ3n) is 3.14. The van der Waals surface area contributed by atoms with Crippen molar-refractivity contribution in [2.75, 3.05) is 0 Å². The third kappa shape index (κ3) is 4.02. The molecule has 0 radical (unpaired) electrons. The van der Waals surface area contributed by atoms with Crippen molar-refractivity contribution in [3.05, 3.63) is 47.9 Å². The summed E-state index contributed by atoms with van der Waals surface area (Å²) in [5.41, 5.74) is 2.14. The van der Waals surface area contributed by atoms with Crippen LogP contribution in [0, 0.1) is 0 Å². The van der Waals surface area contributed by atoms with Crippen molar-refractivity contribution in [2.24, 2.45) is 0 Å². The Morgan fingerprint density at radius 1 is 1.43 bits per heavy atom. The number of aryl methyl sites for hydroxylation is 1. The molecule has 0 unspecified atom stereocenters. The summed E-state index contributed by atoms with van der Waals surface area (Å²) < 4.78 is 5.08. The molecular formula is C16H18N2O3. The highest BCUT2D eigenvalue weighted by atomic mass is 16.5. The summed E-state index contributed by atoms with van der Waals surface area (Å²) in [6.45, 7) is 5.61. The van der Waals surface area contributed by atoms with Gasteiger partial charge in [-0.2, -0.15) is 4.98 Å². The number of benzene rings is 1. The van der Waals surface area contributed by atoms with Crippen molar-refractivity contribution in [2.45, 2.75) is 32.6 Å². The molecule has 1 N–H and O–H groups in total. The standard InChI is InChI=1S/C16H18N2O3/c1-3-4-6-12-7-5-8-13(10-12)15-17-14(21-18-15)9-11(2)16(19)20/h5,7-8,10H,2-4,6,9H2,1H3,(H,19,20). The first-order valence-corrected chi connectivity index (χ1v) is 6.93. The van der Waals surface area contributed by atoms with E-state index in [4.69, 9.17) is 9.63 Å². The largest absolute Gasteiger partial charge is 0.478 e. The smallest absolute Gasteiger partial charge is 0.331 e. The van der Waals surface area contributed by atoms with E-state index in [1.807, 2.05) is 18.2 Å². The van der Waals surface area contributed by atoms with Crippen LogP contribution in [0.3, 0.4) is 0 Å². The maximum Gasteiger partial charge on any atom is 0.331 e. The van der Waals surface area contributed by atoms with E-state index in [9.17, 15) is 4.79 Å². The quantitative estimate of drug-likeness (QED) is 0.790. The van der Waals surface area contributed by atoms with Crippen LogP contribution in [-0.2, 0) is 17.6 Å². The molecular weight excluding hydrogens is 268 g/mol. The van der Waals surface area contributed by atoms with Crippen LogP contribution in [-0.4, -0.2) is 21.2 Å². The Hall–Kier alpha value is -2.43. The van der Waals surface area contributed by atoms with Gasteiger partial charge in [0.2, 0.25) is 11.7 Å². The Morgan fingerprint density at radius 3 is 2.95 bits per heavy atom. The molecule has 21 heavy (non-hydrogen) atoms. The number of hydrogen-bond donors (Lipinski definition) is 1. The molecule has 0 amide bonds. The molecule has 0 saturated heterocycles. The predicted octanol–water partition coefficient (Wildman–Crippen LogP) is 3.26. The minimum absolute atomic E-state index is 0.0295. The highest BCUT2D eigenvalue weighted by Crippen LogP contribution is 2.19. The van der Waals surface area contributed by atoms with E-state index in [1.54, 1.807) is 0 Å². The lowest BCUT2D eigenvalue weighted by atomic mass is 10.1. The molecule has 2 aromatic rings. The number of aromatic nitrogens is 2. The molecule has 1 heterocycles. The fourth-order valence-corrected chi connectivity index (χ4v) is 1.95. The molecule has 0 fully saturated rings. The van der Waals surface area contributed by atoms with Crippen LogP contribution in [0.1, 0.15) is 31.2 Å². The number of carbonyl (C=O) groups is 1. The molecule has 5 nitrogen and oxygen atoms in total. The van der Waals surface area contributed by atoms with Gasteiger partial charge in [0.25, 0.3) is 0 Å². The summed E-state index contributed by atoms with van der Waals surface area (Å²) >= 11 is 0. The van der Waals surface area contributed by atoms with Gasteiger partial charge < -0.3 is 9.63 Å². The van der Waals surface area contributed by atoms with Crippen LogP contribution in [0.5, 0.6) is 0 Å². The van der Waals surface area contributed by atoms with Gasteiger partial charge in [-0.3, -0.25) is 0 Å². The topological polar surface area (TPSA) is 76.2 Å². The summed E-state index contributed by atoms with van der Waals surface area (Å²) in [6, 6.07) is 7.99. The summed E-state index contributed by atoms with van der Waals surface area (Å²) in [6.07, 6.45) is 3.36. The molecule has 0 saturated carbocycles. The first-order chi connectivity index (χ1) is 10.1. The van der Waals surface area contributed by atoms with E-state index < -0.39 is 5.97 Å². The molecule has 1 aromatic carbocycles. The molecule has 1 aromatic heterocycles. The van der Waals surface area contributed by atoms with Crippen molar-refractivity contribution in [1.29, 1.82) is 0 Å². The minimum Gasteiger partial charge on any atom is -0.478 e. The second kappa shape index (κ2) is 6.83. The predicted molar refractivity (Wildman–Crippen MR) is 78.8 cm³/mol. The van der Waals surface area contributed by atoms with E-state index >= 15 is 0 Å². The van der Waals surface area contributed by atoms with Crippen molar-refractivity contribution >= 4 is 5.97 Å². The van der Waals surface area contributed by atoms with Crippen LogP contribution < -0.4 is 0 Å². The number of nitrogens with zero attached hydrogens (tertiary/aromatic N) is 2. The lowest BCUT2D eigenvalue weighted by molar-refractivity contribution is -0.132. The minimum atomic E-state index is -1.06. The zero-order valence-corrected chi connectivity index (χ0v) is 12.0. The normalized spacial score (nSPS) is 10.5. The van der Waals surface area contributed by atoms with Gasteiger partial charge in [-0.05, 0) is 24.5 Å². The maximum atomic E-state index is 10.7. The first kappa shape index (κ1) is 15.0. The molecule has 0 spiro atoms. The number of rotatable bonds is 7. The van der Waals surface area contributed by atoms with Crippen molar-refractivity contribution < 1.29 is 14.4 Å². The van der Waals surface area contributed by atoms with Gasteiger partial charge in [0.1, 0.15) is 0 Å². The zero-order chi connectivity index (χ0) is 15.2. The summed E-state index contributed by atoms with van der Waals surface area (Å²) in [5.74, 6) is -0.325. The fourth-order valence-electron chi connectivity index (χ4n) is 1.95. The third-order valence-corrected chi connectivity index (χ3v) is 3.14. The lowest BCUT2D eigenvalue weighted by Gasteiger charge is -2.01. The molecule has 0 aliphatic rings. The molecule has 2 rings (SSSR count). The van der Waals surface area contributed by atoms with Crippen LogP contribution in [0.15, 0.2) is 40.9 Å². The highest BCUT2D eigenvalue weighted by molar-refractivity contribution is 5.86. The average Bonchev–Trinajstić information content (AvgIpc) is 2.94. The Morgan fingerprint density at radius 2 is 2.24 bits per heavy atom. The number of hydrogen-bond acceptors (Lipinski definition) is 4. The fraction of sp³-hybridized carbons (Fsp3) is 0.312. The summed E-state index contributed by atoms with van der Waals surface area (Å²) in [5, 5.41) is 12.7. The van der Waals surface area contributed by atoms with Gasteiger partial charge in [-0.25, -0.2) is 4.79 Å². The van der Waals surface area contributed by atoms with Gasteiger partial charge in [0.05, 0.1) is 6.42 Å². The Labute approximate surface area is 123 Å². The number of aliphatic carboxylic acids is 1. The van der Waals surface area contributed by atoms with E-state index in [-0.39, 0.29) is 17.9 Å². The van der Waals surface area contributed by atoms with Crippen molar-refractivity contribution in [1.82, 2.24) is 10.1 Å². The van der Waals surface area contributed by atoms with Crippen LogP contribution in [0.25, 0.3) is 11.4 Å². The Kier molecular flexibility index (Phi) is 4.87. The van der Waals surface area contributed by atoms with Crippen LogP contribution in [0.4, 0.5) is 0 Å². The number of unbranched alkanes of at least 4 members (excludes halogenated alkanes) is 1.